The highest BCUT2D eigenvalue weighted by Gasteiger charge is 2.17. The fourth-order valence-electron chi connectivity index (χ4n) is 1.80. The third kappa shape index (κ3) is 3.29. The minimum absolute atomic E-state index is 0.187. The van der Waals surface area contributed by atoms with E-state index in [-0.39, 0.29) is 5.02 Å². The highest BCUT2D eigenvalue weighted by Crippen LogP contribution is 2.32. The van der Waals surface area contributed by atoms with E-state index in [4.69, 9.17) is 23.2 Å². The lowest BCUT2D eigenvalue weighted by Gasteiger charge is -2.15. The minimum Gasteiger partial charge on any atom is -0.384 e. The van der Waals surface area contributed by atoms with Gasteiger partial charge in [0.2, 0.25) is 0 Å². The maximum atomic E-state index is 13.4. The van der Waals surface area contributed by atoms with Crippen LogP contribution in [0.4, 0.5) is 4.39 Å². The predicted molar refractivity (Wildman–Crippen MR) is 79.4 cm³/mol. The van der Waals surface area contributed by atoms with E-state index in [1.165, 1.54) is 12.1 Å². The van der Waals surface area contributed by atoms with Crippen molar-refractivity contribution in [3.8, 4) is 0 Å². The molecule has 1 atom stereocenters. The Bertz CT molecular complexity index is 611. The summed E-state index contributed by atoms with van der Waals surface area (Å²) < 4.78 is 14.1. The van der Waals surface area contributed by atoms with Gasteiger partial charge in [-0.1, -0.05) is 39.1 Å². The second-order valence-corrected chi connectivity index (χ2v) is 5.99. The Morgan fingerprint density at radius 3 is 2.47 bits per heavy atom. The predicted octanol–water partition coefficient (Wildman–Crippen LogP) is 5.29. The number of hydrogen-bond donors (Lipinski definition) is 1. The van der Waals surface area contributed by atoms with Crippen molar-refractivity contribution in [1.29, 1.82) is 0 Å². The number of aliphatic hydroxyl groups is 1. The van der Waals surface area contributed by atoms with Gasteiger partial charge in [-0.3, -0.25) is 0 Å². The largest absolute Gasteiger partial charge is 0.384 e. The lowest BCUT2D eigenvalue weighted by molar-refractivity contribution is 0.220. The van der Waals surface area contributed by atoms with Crippen LogP contribution in [0.1, 0.15) is 22.8 Å². The van der Waals surface area contributed by atoms with Crippen molar-refractivity contribution in [1.82, 2.24) is 0 Å². The zero-order valence-electron chi connectivity index (χ0n) is 9.92. The smallest absolute Gasteiger partial charge is 0.127 e. The molecule has 5 heteroatoms. The van der Waals surface area contributed by atoms with E-state index in [2.05, 4.69) is 15.9 Å². The Hall–Kier alpha value is -0.610. The van der Waals surface area contributed by atoms with Gasteiger partial charge in [0.1, 0.15) is 11.9 Å². The molecule has 0 aliphatic heterocycles. The van der Waals surface area contributed by atoms with Crippen molar-refractivity contribution in [3.63, 3.8) is 0 Å². The van der Waals surface area contributed by atoms with E-state index in [1.54, 1.807) is 25.1 Å². The number of benzene rings is 2. The minimum atomic E-state index is -0.957. The van der Waals surface area contributed by atoms with Gasteiger partial charge in [0, 0.05) is 20.1 Å². The number of rotatable bonds is 2. The Morgan fingerprint density at radius 1 is 1.16 bits per heavy atom. The normalized spacial score (nSPS) is 12.5. The Morgan fingerprint density at radius 2 is 1.84 bits per heavy atom. The van der Waals surface area contributed by atoms with E-state index >= 15 is 0 Å². The van der Waals surface area contributed by atoms with Crippen molar-refractivity contribution in [2.45, 2.75) is 13.0 Å². The fourth-order valence-corrected chi connectivity index (χ4v) is 2.94. The first-order chi connectivity index (χ1) is 8.88. The molecule has 100 valence electrons. The molecule has 1 unspecified atom stereocenters. The molecule has 1 N–H and O–H groups in total. The van der Waals surface area contributed by atoms with Crippen molar-refractivity contribution >= 4 is 39.1 Å². The third-order valence-electron chi connectivity index (χ3n) is 2.77. The molecule has 0 aliphatic carbocycles. The molecule has 0 fully saturated rings. The van der Waals surface area contributed by atoms with Crippen molar-refractivity contribution in [3.05, 3.63) is 67.4 Å². The van der Waals surface area contributed by atoms with Gasteiger partial charge in [0.05, 0.1) is 0 Å². The summed E-state index contributed by atoms with van der Waals surface area (Å²) in [7, 11) is 0. The van der Waals surface area contributed by atoms with Crippen molar-refractivity contribution in [2.24, 2.45) is 0 Å². The summed E-state index contributed by atoms with van der Waals surface area (Å²) in [6.07, 6.45) is -0.957. The van der Waals surface area contributed by atoms with Gasteiger partial charge in [-0.25, -0.2) is 4.39 Å². The number of halogens is 4. The van der Waals surface area contributed by atoms with Gasteiger partial charge < -0.3 is 5.11 Å². The summed E-state index contributed by atoms with van der Waals surface area (Å²) in [6, 6.07) is 7.85. The van der Waals surface area contributed by atoms with Crippen molar-refractivity contribution < 1.29 is 9.50 Å². The molecule has 0 radical (unpaired) electrons. The summed E-state index contributed by atoms with van der Waals surface area (Å²) in [5.74, 6) is -0.395. The zero-order valence-corrected chi connectivity index (χ0v) is 13.0. The number of hydrogen-bond acceptors (Lipinski definition) is 1. The maximum Gasteiger partial charge on any atom is 0.127 e. The second kappa shape index (κ2) is 5.80. The molecule has 0 aromatic heterocycles. The van der Waals surface area contributed by atoms with Crippen LogP contribution in [0.5, 0.6) is 0 Å². The van der Waals surface area contributed by atoms with Crippen LogP contribution in [-0.4, -0.2) is 5.11 Å². The highest BCUT2D eigenvalue weighted by atomic mass is 79.9. The Balaban J connectivity index is 2.49. The van der Waals surface area contributed by atoms with Crippen LogP contribution in [0.3, 0.4) is 0 Å². The van der Waals surface area contributed by atoms with Crippen LogP contribution < -0.4 is 0 Å². The molecule has 0 spiro atoms. The van der Waals surface area contributed by atoms with Gasteiger partial charge in [0.15, 0.2) is 0 Å². The quantitative estimate of drug-likeness (QED) is 0.768. The zero-order chi connectivity index (χ0) is 14.2. The first-order valence-electron chi connectivity index (χ1n) is 5.48. The Kier molecular flexibility index (Phi) is 4.51. The molecule has 1 nitrogen and oxygen atoms in total. The molecule has 0 bridgehead atoms. The molecule has 0 heterocycles. The average molecular weight is 364 g/mol. The van der Waals surface area contributed by atoms with Gasteiger partial charge in [-0.2, -0.15) is 0 Å². The topological polar surface area (TPSA) is 20.2 Å². The van der Waals surface area contributed by atoms with Gasteiger partial charge in [-0.05, 0) is 48.4 Å². The fraction of sp³-hybridized carbons (Fsp3) is 0.143. The standard InChI is InChI=1S/C14H10BrCl2FO/c1-7-2-11(12(17)6-13(7)18)14(19)8-3-9(15)5-10(16)4-8/h2-6,14,19H,1H3. The van der Waals surface area contributed by atoms with E-state index in [1.807, 2.05) is 0 Å². The molecule has 2 aromatic carbocycles. The number of aryl methyl sites for hydroxylation is 1. The van der Waals surface area contributed by atoms with Crippen LogP contribution in [0.2, 0.25) is 10.0 Å². The lowest BCUT2D eigenvalue weighted by Crippen LogP contribution is -2.02. The Labute approximate surface area is 129 Å². The van der Waals surface area contributed by atoms with E-state index in [0.29, 0.717) is 21.7 Å². The first-order valence-corrected chi connectivity index (χ1v) is 7.03. The molecule has 0 saturated heterocycles. The monoisotopic (exact) mass is 362 g/mol. The maximum absolute atomic E-state index is 13.4. The first kappa shape index (κ1) is 14.8. The summed E-state index contributed by atoms with van der Waals surface area (Å²) in [6.45, 7) is 1.62. The summed E-state index contributed by atoms with van der Waals surface area (Å²) in [4.78, 5) is 0. The van der Waals surface area contributed by atoms with Crippen LogP contribution >= 0.6 is 39.1 Å². The lowest BCUT2D eigenvalue weighted by atomic mass is 10.00. The SMILES string of the molecule is Cc1cc(C(O)c2cc(Cl)cc(Br)c2)c(Cl)cc1F. The van der Waals surface area contributed by atoms with Crippen LogP contribution in [-0.2, 0) is 0 Å². The van der Waals surface area contributed by atoms with Crippen molar-refractivity contribution in [2.75, 3.05) is 0 Å². The highest BCUT2D eigenvalue weighted by molar-refractivity contribution is 9.10. The van der Waals surface area contributed by atoms with E-state index in [0.717, 1.165) is 4.47 Å². The van der Waals surface area contributed by atoms with E-state index < -0.39 is 11.9 Å². The van der Waals surface area contributed by atoms with Crippen LogP contribution in [0.25, 0.3) is 0 Å². The van der Waals surface area contributed by atoms with Crippen LogP contribution in [0, 0.1) is 12.7 Å². The van der Waals surface area contributed by atoms with Gasteiger partial charge in [0.25, 0.3) is 0 Å². The molecular formula is C14H10BrCl2FO. The molecule has 19 heavy (non-hydrogen) atoms. The van der Waals surface area contributed by atoms with E-state index in [9.17, 15) is 9.50 Å². The molecule has 0 saturated carbocycles. The molecular weight excluding hydrogens is 354 g/mol. The summed E-state index contributed by atoms with van der Waals surface area (Å²) in [5.41, 5.74) is 1.47. The summed E-state index contributed by atoms with van der Waals surface area (Å²) >= 11 is 15.2. The second-order valence-electron chi connectivity index (χ2n) is 4.23. The average Bonchev–Trinajstić information content (AvgIpc) is 2.31. The summed E-state index contributed by atoms with van der Waals surface area (Å²) in [5, 5.41) is 11.0. The molecule has 0 amide bonds. The molecule has 2 aromatic rings. The number of aliphatic hydroxyl groups excluding tert-OH is 1. The molecule has 2 rings (SSSR count). The molecule has 0 aliphatic rings. The third-order valence-corrected chi connectivity index (χ3v) is 3.78. The van der Waals surface area contributed by atoms with Gasteiger partial charge >= 0.3 is 0 Å². The van der Waals surface area contributed by atoms with Gasteiger partial charge in [-0.15, -0.1) is 0 Å². The van der Waals surface area contributed by atoms with Crippen LogP contribution in [0.15, 0.2) is 34.8 Å².